The fraction of sp³-hybridized carbons (Fsp3) is 0.810. The molecule has 0 aromatic carbocycles. The summed E-state index contributed by atoms with van der Waals surface area (Å²) in [5, 5.41) is 13.7. The maximum absolute atomic E-state index is 13.1. The Balaban J connectivity index is 2.12. The Kier molecular flexibility index (Phi) is 34.6. The molecule has 1 rings (SSSR count). The second-order valence-electron chi connectivity index (χ2n) is 14.2. The maximum Gasteiger partial charge on any atom is 0.234 e. The minimum Gasteiger partial charge on any atom is -0.356 e. The summed E-state index contributed by atoms with van der Waals surface area (Å²) < 4.78 is 1.23. The Bertz CT molecular complexity index is 1000. The first-order chi connectivity index (χ1) is 25.1. The summed E-state index contributed by atoms with van der Waals surface area (Å²) in [5.74, 6) is -0.181. The Morgan fingerprint density at radius 2 is 0.980 bits per heavy atom. The molecule has 294 valence electrons. The number of thiol groups is 1. The van der Waals surface area contributed by atoms with Crippen LogP contribution in [0.1, 0.15) is 200 Å². The van der Waals surface area contributed by atoms with Crippen LogP contribution in [-0.4, -0.2) is 40.4 Å². The molecule has 1 aromatic heterocycles. The number of amides is 2. The summed E-state index contributed by atoms with van der Waals surface area (Å²) in [4.78, 5) is 25.9. The second kappa shape index (κ2) is 37.0. The van der Waals surface area contributed by atoms with Gasteiger partial charge in [0.2, 0.25) is 11.8 Å². The third-order valence-corrected chi connectivity index (χ3v) is 11.7. The van der Waals surface area contributed by atoms with Crippen molar-refractivity contribution in [2.75, 3.05) is 13.1 Å². The number of carbonyl (C=O) groups is 2. The number of nitrogens with zero attached hydrogens (tertiary/aromatic N) is 2. The van der Waals surface area contributed by atoms with Crippen molar-refractivity contribution in [3.63, 3.8) is 0 Å². The van der Waals surface area contributed by atoms with E-state index in [1.807, 2.05) is 0 Å². The highest BCUT2D eigenvalue weighted by atomic mass is 32.2. The molecular weight excluding hydrogens is 689 g/mol. The molecule has 2 amide bonds. The third kappa shape index (κ3) is 31.9. The van der Waals surface area contributed by atoms with Crippen molar-refractivity contribution in [3.05, 3.63) is 24.3 Å². The first kappa shape index (κ1) is 47.7. The van der Waals surface area contributed by atoms with Crippen LogP contribution in [0.25, 0.3) is 0 Å². The van der Waals surface area contributed by atoms with E-state index in [-0.39, 0.29) is 18.2 Å². The fourth-order valence-corrected chi connectivity index (χ4v) is 8.44. The molecule has 0 aliphatic rings. The molecular formula is C42H76N4O2S3. The first-order valence-electron chi connectivity index (χ1n) is 21.1. The van der Waals surface area contributed by atoms with Crippen molar-refractivity contribution >= 4 is 47.5 Å². The van der Waals surface area contributed by atoms with Gasteiger partial charge in [-0.15, -0.1) is 22.8 Å². The van der Waals surface area contributed by atoms with E-state index < -0.39 is 5.25 Å². The summed E-state index contributed by atoms with van der Waals surface area (Å²) in [6.07, 6.45) is 45.0. The van der Waals surface area contributed by atoms with Gasteiger partial charge in [0.05, 0.1) is 5.25 Å². The van der Waals surface area contributed by atoms with E-state index in [1.54, 1.807) is 0 Å². The van der Waals surface area contributed by atoms with Crippen LogP contribution in [0.5, 0.6) is 0 Å². The second-order valence-corrected chi connectivity index (χ2v) is 17.3. The largest absolute Gasteiger partial charge is 0.356 e. The molecule has 0 radical (unpaired) electrons. The van der Waals surface area contributed by atoms with E-state index >= 15 is 0 Å². The van der Waals surface area contributed by atoms with Crippen LogP contribution in [0, 0.1) is 0 Å². The van der Waals surface area contributed by atoms with Gasteiger partial charge in [-0.25, -0.2) is 0 Å². The molecule has 0 saturated heterocycles. The van der Waals surface area contributed by atoms with Gasteiger partial charge in [0.15, 0.2) is 8.68 Å². The molecule has 1 aromatic rings. The van der Waals surface area contributed by atoms with Crippen molar-refractivity contribution in [1.82, 2.24) is 20.8 Å². The monoisotopic (exact) mass is 765 g/mol. The van der Waals surface area contributed by atoms with E-state index in [0.29, 0.717) is 21.8 Å². The number of carbonyl (C=O) groups excluding carboxylic acids is 2. The smallest absolute Gasteiger partial charge is 0.234 e. The zero-order chi connectivity index (χ0) is 36.9. The molecule has 0 aliphatic heterocycles. The lowest BCUT2D eigenvalue weighted by Crippen LogP contribution is -2.37. The van der Waals surface area contributed by atoms with Crippen LogP contribution < -0.4 is 10.6 Å². The van der Waals surface area contributed by atoms with Crippen molar-refractivity contribution < 1.29 is 9.59 Å². The van der Waals surface area contributed by atoms with Crippen molar-refractivity contribution in [1.29, 1.82) is 0 Å². The van der Waals surface area contributed by atoms with Gasteiger partial charge < -0.3 is 10.6 Å². The van der Waals surface area contributed by atoms with E-state index in [0.717, 1.165) is 25.7 Å². The van der Waals surface area contributed by atoms with Gasteiger partial charge >= 0.3 is 0 Å². The average Bonchev–Trinajstić information content (AvgIpc) is 3.54. The SMILES string of the molecule is CCCCCCCCC=CCCCCCCCCNC(=O)CC(Sc1nnc(S)s1)C(=O)NCCCCCCCCC=CCCCCCCCC. The van der Waals surface area contributed by atoms with Gasteiger partial charge in [0.1, 0.15) is 0 Å². The zero-order valence-electron chi connectivity index (χ0n) is 32.8. The van der Waals surface area contributed by atoms with Crippen LogP contribution in [0.15, 0.2) is 33.0 Å². The molecule has 51 heavy (non-hydrogen) atoms. The third-order valence-electron chi connectivity index (χ3n) is 9.30. The van der Waals surface area contributed by atoms with Gasteiger partial charge in [0, 0.05) is 19.5 Å². The summed E-state index contributed by atoms with van der Waals surface area (Å²) in [6, 6.07) is 0. The Hall–Kier alpha value is -1.32. The summed E-state index contributed by atoms with van der Waals surface area (Å²) >= 11 is 6.91. The molecule has 0 fully saturated rings. The predicted octanol–water partition coefficient (Wildman–Crippen LogP) is 13.0. The molecule has 0 aliphatic carbocycles. The van der Waals surface area contributed by atoms with E-state index in [4.69, 9.17) is 0 Å². The van der Waals surface area contributed by atoms with Gasteiger partial charge in [-0.2, -0.15) is 0 Å². The minimum atomic E-state index is -0.528. The number of allylic oxidation sites excluding steroid dienone is 4. The number of nitrogens with one attached hydrogen (secondary N) is 2. The number of hydrogen-bond donors (Lipinski definition) is 3. The summed E-state index contributed by atoms with van der Waals surface area (Å²) in [6.45, 7) is 5.84. The number of aromatic nitrogens is 2. The van der Waals surface area contributed by atoms with E-state index in [2.05, 4.69) is 71.6 Å². The van der Waals surface area contributed by atoms with E-state index in [1.165, 1.54) is 177 Å². The van der Waals surface area contributed by atoms with Gasteiger partial charge in [0.25, 0.3) is 0 Å². The van der Waals surface area contributed by atoms with Gasteiger partial charge in [-0.05, 0) is 64.2 Å². The Morgan fingerprint density at radius 1 is 0.588 bits per heavy atom. The summed E-state index contributed by atoms with van der Waals surface area (Å²) in [7, 11) is 0. The van der Waals surface area contributed by atoms with Gasteiger partial charge in [-0.1, -0.05) is 177 Å². The highest BCUT2D eigenvalue weighted by molar-refractivity contribution is 8.02. The molecule has 6 nitrogen and oxygen atoms in total. The maximum atomic E-state index is 13.1. The number of unbranched alkanes of at least 4 members (excludes halogenated alkanes) is 24. The minimum absolute atomic E-state index is 0.0803. The molecule has 9 heteroatoms. The predicted molar refractivity (Wildman–Crippen MR) is 226 cm³/mol. The molecule has 2 N–H and O–H groups in total. The number of rotatable bonds is 37. The lowest BCUT2D eigenvalue weighted by Gasteiger charge is -2.15. The molecule has 0 saturated carbocycles. The quantitative estimate of drug-likeness (QED) is 0.0272. The summed E-state index contributed by atoms with van der Waals surface area (Å²) in [5.41, 5.74) is 0. The average molecular weight is 765 g/mol. The number of hydrogen-bond acceptors (Lipinski definition) is 7. The Morgan fingerprint density at radius 3 is 1.39 bits per heavy atom. The molecule has 1 atom stereocenters. The van der Waals surface area contributed by atoms with Gasteiger partial charge in [-0.3, -0.25) is 9.59 Å². The normalized spacial score (nSPS) is 12.3. The Labute approximate surface area is 327 Å². The number of thioether (sulfide) groups is 1. The van der Waals surface area contributed by atoms with Crippen molar-refractivity contribution in [2.24, 2.45) is 0 Å². The van der Waals surface area contributed by atoms with Crippen molar-refractivity contribution in [3.8, 4) is 0 Å². The first-order valence-corrected chi connectivity index (χ1v) is 23.2. The van der Waals surface area contributed by atoms with Crippen LogP contribution in [0.3, 0.4) is 0 Å². The van der Waals surface area contributed by atoms with Crippen LogP contribution in [0.4, 0.5) is 0 Å². The van der Waals surface area contributed by atoms with Crippen LogP contribution >= 0.6 is 35.7 Å². The molecule has 1 unspecified atom stereocenters. The molecule has 1 heterocycles. The van der Waals surface area contributed by atoms with Crippen molar-refractivity contribution in [2.45, 2.75) is 214 Å². The highest BCUT2D eigenvalue weighted by Gasteiger charge is 2.24. The topological polar surface area (TPSA) is 84.0 Å². The highest BCUT2D eigenvalue weighted by Crippen LogP contribution is 2.29. The van der Waals surface area contributed by atoms with E-state index in [9.17, 15) is 9.59 Å². The van der Waals surface area contributed by atoms with Crippen LogP contribution in [0.2, 0.25) is 0 Å². The lowest BCUT2D eigenvalue weighted by molar-refractivity contribution is -0.125. The standard InChI is InChI=1S/C42H76N4O2S3/c1-3-5-7-9-11-13-15-17-19-21-23-25-27-29-31-33-35-43-39(47)37-38(50-42-46-45-41(49)51-42)40(48)44-36-34-32-30-28-26-24-22-20-18-16-14-12-10-8-6-4-2/h17-20,38H,3-16,21-37H2,1-2H3,(H,43,47)(H,44,48)(H,45,49). The zero-order valence-corrected chi connectivity index (χ0v) is 35.3. The van der Waals surface area contributed by atoms with Crippen LogP contribution in [-0.2, 0) is 9.59 Å². The molecule has 0 bridgehead atoms. The lowest BCUT2D eigenvalue weighted by atomic mass is 10.1. The fourth-order valence-electron chi connectivity index (χ4n) is 6.10. The molecule has 0 spiro atoms.